The van der Waals surface area contributed by atoms with Crippen LogP contribution in [-0.4, -0.2) is 40.7 Å². The van der Waals surface area contributed by atoms with Crippen molar-refractivity contribution in [2.75, 3.05) is 11.4 Å². The van der Waals surface area contributed by atoms with Crippen LogP contribution in [0, 0.1) is 0 Å². The van der Waals surface area contributed by atoms with Crippen LogP contribution in [0.3, 0.4) is 0 Å². The van der Waals surface area contributed by atoms with E-state index in [0.717, 1.165) is 23.4 Å². The Morgan fingerprint density at radius 1 is 1.35 bits per heavy atom. The van der Waals surface area contributed by atoms with Crippen LogP contribution in [0.2, 0.25) is 0 Å². The third kappa shape index (κ3) is 4.22. The van der Waals surface area contributed by atoms with Gasteiger partial charge in [-0.3, -0.25) is 9.48 Å². The molecule has 1 atom stereocenters. The van der Waals surface area contributed by atoms with E-state index in [1.807, 2.05) is 51.4 Å². The Labute approximate surface area is 153 Å². The van der Waals surface area contributed by atoms with E-state index in [1.54, 1.807) is 22.0 Å². The van der Waals surface area contributed by atoms with Crippen LogP contribution in [0.25, 0.3) is 0 Å². The molecule has 1 aromatic heterocycles. The molecule has 1 aliphatic heterocycles. The maximum absolute atomic E-state index is 12.7. The van der Waals surface area contributed by atoms with Crippen molar-refractivity contribution in [2.45, 2.75) is 38.9 Å². The van der Waals surface area contributed by atoms with Crippen molar-refractivity contribution >= 4 is 17.8 Å². The molecule has 1 aromatic carbocycles. The number of benzene rings is 1. The molecule has 1 fully saturated rings. The Morgan fingerprint density at radius 2 is 2.15 bits per heavy atom. The highest BCUT2D eigenvalue weighted by Gasteiger charge is 2.32. The molecule has 0 radical (unpaired) electrons. The number of oxime groups is 1. The molecular formula is C19H24N4O3. The molecule has 1 aliphatic rings. The average Bonchev–Trinajstić information content (AvgIpc) is 3.03. The minimum atomic E-state index is -0.585. The van der Waals surface area contributed by atoms with E-state index in [1.165, 1.54) is 0 Å². The van der Waals surface area contributed by atoms with Gasteiger partial charge in [-0.2, -0.15) is 5.10 Å². The van der Waals surface area contributed by atoms with Gasteiger partial charge in [-0.1, -0.05) is 17.3 Å². The number of ether oxygens (including phenoxy) is 1. The van der Waals surface area contributed by atoms with Crippen molar-refractivity contribution in [3.05, 3.63) is 42.2 Å². The first-order valence-electron chi connectivity index (χ1n) is 8.79. The van der Waals surface area contributed by atoms with E-state index in [0.29, 0.717) is 13.0 Å². The van der Waals surface area contributed by atoms with E-state index in [4.69, 9.17) is 9.57 Å². The normalized spacial score (nSPS) is 17.9. The fraction of sp³-hybridized carbons (Fsp3) is 0.421. The highest BCUT2D eigenvalue weighted by molar-refractivity contribution is 5.97. The van der Waals surface area contributed by atoms with Gasteiger partial charge in [-0.25, -0.2) is 0 Å². The highest BCUT2D eigenvalue weighted by atomic mass is 16.6. The topological polar surface area (TPSA) is 69.0 Å². The van der Waals surface area contributed by atoms with Gasteiger partial charge in [0.25, 0.3) is 5.91 Å². The standard InChI is InChI=1S/C19H24N4O3/c1-14(2)25-17-8-5-4-7-15(17)11-21-26-18-9-6-10-23(19(18)24)16-12-20-22(3)13-16/h4-5,7-8,11-14,18H,6,9-10H2,1-3H3. The summed E-state index contributed by atoms with van der Waals surface area (Å²) in [6.45, 7) is 4.61. The van der Waals surface area contributed by atoms with E-state index < -0.39 is 6.10 Å². The number of para-hydroxylation sites is 1. The zero-order valence-corrected chi connectivity index (χ0v) is 15.3. The molecule has 2 heterocycles. The van der Waals surface area contributed by atoms with Crippen molar-refractivity contribution in [1.82, 2.24) is 9.78 Å². The van der Waals surface area contributed by atoms with Gasteiger partial charge in [0.1, 0.15) is 5.75 Å². The van der Waals surface area contributed by atoms with Crippen molar-refractivity contribution in [3.8, 4) is 5.75 Å². The zero-order chi connectivity index (χ0) is 18.5. The molecule has 26 heavy (non-hydrogen) atoms. The van der Waals surface area contributed by atoms with Crippen LogP contribution < -0.4 is 9.64 Å². The molecule has 7 heteroatoms. The third-order valence-electron chi connectivity index (χ3n) is 4.05. The maximum Gasteiger partial charge on any atom is 0.270 e. The fourth-order valence-corrected chi connectivity index (χ4v) is 2.85. The molecule has 0 bridgehead atoms. The molecule has 3 rings (SSSR count). The number of hydrogen-bond donors (Lipinski definition) is 0. The van der Waals surface area contributed by atoms with Crippen molar-refractivity contribution in [3.63, 3.8) is 0 Å². The molecule has 1 saturated heterocycles. The Hall–Kier alpha value is -2.83. The van der Waals surface area contributed by atoms with Crippen molar-refractivity contribution in [1.29, 1.82) is 0 Å². The SMILES string of the molecule is CC(C)Oc1ccccc1C=NOC1CCCN(c2cnn(C)c2)C1=O. The summed E-state index contributed by atoms with van der Waals surface area (Å²) < 4.78 is 7.43. The van der Waals surface area contributed by atoms with Crippen molar-refractivity contribution in [2.24, 2.45) is 12.2 Å². The lowest BCUT2D eigenvalue weighted by molar-refractivity contribution is -0.132. The van der Waals surface area contributed by atoms with Gasteiger partial charge < -0.3 is 14.5 Å². The second kappa shape index (κ2) is 8.03. The minimum absolute atomic E-state index is 0.0680. The summed E-state index contributed by atoms with van der Waals surface area (Å²) in [5, 5.41) is 8.17. The van der Waals surface area contributed by atoms with Gasteiger partial charge >= 0.3 is 0 Å². The fourth-order valence-electron chi connectivity index (χ4n) is 2.85. The number of carbonyl (C=O) groups excluding carboxylic acids is 1. The van der Waals surface area contributed by atoms with Gasteiger partial charge in [-0.05, 0) is 38.8 Å². The summed E-state index contributed by atoms with van der Waals surface area (Å²) in [6, 6.07) is 7.60. The number of rotatable bonds is 6. The van der Waals surface area contributed by atoms with Crippen LogP contribution in [0.5, 0.6) is 5.75 Å². The van der Waals surface area contributed by atoms with E-state index >= 15 is 0 Å². The molecule has 0 saturated carbocycles. The number of amides is 1. The minimum Gasteiger partial charge on any atom is -0.490 e. The van der Waals surface area contributed by atoms with E-state index in [-0.39, 0.29) is 12.0 Å². The highest BCUT2D eigenvalue weighted by Crippen LogP contribution is 2.22. The molecule has 7 nitrogen and oxygen atoms in total. The van der Waals surface area contributed by atoms with E-state index in [2.05, 4.69) is 10.3 Å². The molecule has 0 spiro atoms. The summed E-state index contributed by atoms with van der Waals surface area (Å²) in [5.74, 6) is 0.648. The number of carbonyl (C=O) groups is 1. The largest absolute Gasteiger partial charge is 0.490 e. The summed E-state index contributed by atoms with van der Waals surface area (Å²) in [6.07, 6.45) is 6.09. The molecular weight excluding hydrogens is 332 g/mol. The lowest BCUT2D eigenvalue weighted by Crippen LogP contribution is -2.44. The smallest absolute Gasteiger partial charge is 0.270 e. The van der Waals surface area contributed by atoms with E-state index in [9.17, 15) is 4.79 Å². The first-order valence-corrected chi connectivity index (χ1v) is 8.79. The van der Waals surface area contributed by atoms with Crippen molar-refractivity contribution < 1.29 is 14.4 Å². The van der Waals surface area contributed by atoms with Gasteiger partial charge in [0.15, 0.2) is 0 Å². The van der Waals surface area contributed by atoms with Gasteiger partial charge in [-0.15, -0.1) is 0 Å². The number of hydrogen-bond acceptors (Lipinski definition) is 5. The molecule has 0 aliphatic carbocycles. The molecule has 1 unspecified atom stereocenters. The average molecular weight is 356 g/mol. The third-order valence-corrected chi connectivity index (χ3v) is 4.05. The Bertz CT molecular complexity index is 785. The molecule has 0 N–H and O–H groups in total. The van der Waals surface area contributed by atoms with Gasteiger partial charge in [0, 0.05) is 25.4 Å². The lowest BCUT2D eigenvalue weighted by Gasteiger charge is -2.29. The summed E-state index contributed by atoms with van der Waals surface area (Å²) in [5.41, 5.74) is 1.60. The Kier molecular flexibility index (Phi) is 5.55. The predicted molar refractivity (Wildman–Crippen MR) is 99.5 cm³/mol. The lowest BCUT2D eigenvalue weighted by atomic mass is 10.1. The Morgan fingerprint density at radius 3 is 2.88 bits per heavy atom. The van der Waals surface area contributed by atoms with Crippen LogP contribution in [0.4, 0.5) is 5.69 Å². The van der Waals surface area contributed by atoms with Gasteiger partial charge in [0.05, 0.1) is 24.2 Å². The van der Waals surface area contributed by atoms with Gasteiger partial charge in [0.2, 0.25) is 6.10 Å². The number of aryl methyl sites for hydroxylation is 1. The number of aromatic nitrogens is 2. The first kappa shape index (κ1) is 18.0. The second-order valence-corrected chi connectivity index (χ2v) is 6.54. The monoisotopic (exact) mass is 356 g/mol. The van der Waals surface area contributed by atoms with Crippen LogP contribution in [-0.2, 0) is 16.7 Å². The number of nitrogens with zero attached hydrogens (tertiary/aromatic N) is 4. The zero-order valence-electron chi connectivity index (χ0n) is 15.3. The number of anilines is 1. The van der Waals surface area contributed by atoms with Crippen LogP contribution in [0.1, 0.15) is 32.3 Å². The summed E-state index contributed by atoms with van der Waals surface area (Å²) >= 11 is 0. The van der Waals surface area contributed by atoms with Crippen LogP contribution in [0.15, 0.2) is 41.8 Å². The number of piperidine rings is 1. The Balaban J connectivity index is 1.66. The molecule has 2 aromatic rings. The predicted octanol–water partition coefficient (Wildman–Crippen LogP) is 2.75. The second-order valence-electron chi connectivity index (χ2n) is 6.54. The summed E-state index contributed by atoms with van der Waals surface area (Å²) in [7, 11) is 1.83. The quantitative estimate of drug-likeness (QED) is 0.589. The maximum atomic E-state index is 12.7. The molecule has 138 valence electrons. The molecule has 1 amide bonds. The van der Waals surface area contributed by atoms with Crippen LogP contribution >= 0.6 is 0 Å². The first-order chi connectivity index (χ1) is 12.5. The summed E-state index contributed by atoms with van der Waals surface area (Å²) in [4.78, 5) is 19.9.